The normalized spacial score (nSPS) is 12.3. The van der Waals surface area contributed by atoms with Crippen molar-refractivity contribution in [3.63, 3.8) is 0 Å². The Kier molecular flexibility index (Phi) is 2.16. The van der Waals surface area contributed by atoms with Crippen LogP contribution in [0.1, 0.15) is 19.9 Å². The summed E-state index contributed by atoms with van der Waals surface area (Å²) < 4.78 is 23.1. The van der Waals surface area contributed by atoms with E-state index in [1.54, 1.807) is 13.8 Å². The molecule has 68 valence electrons. The number of nitrogens with zero attached hydrogens (tertiary/aromatic N) is 3. The molecule has 12 heavy (non-hydrogen) atoms. The summed E-state index contributed by atoms with van der Waals surface area (Å²) in [5.41, 5.74) is 0. The van der Waals surface area contributed by atoms with Gasteiger partial charge in [0.1, 0.15) is 0 Å². The summed E-state index contributed by atoms with van der Waals surface area (Å²) in [6.07, 6.45) is 1.13. The molecule has 0 saturated carbocycles. The predicted octanol–water partition coefficient (Wildman–Crippen LogP) is -0.494. The standard InChI is InChI=1S/C5H10N4O2S/c1-4(2)9-5(3-7-8-9)12(6,10)11/h3-4H,1-2H3,(H2,6,10,11). The number of hydrogen-bond donors (Lipinski definition) is 1. The quantitative estimate of drug-likeness (QED) is 0.681. The van der Waals surface area contributed by atoms with Crippen molar-refractivity contribution in [1.29, 1.82) is 0 Å². The lowest BCUT2D eigenvalue weighted by molar-refractivity contribution is 0.467. The lowest BCUT2D eigenvalue weighted by Gasteiger charge is -2.06. The van der Waals surface area contributed by atoms with Gasteiger partial charge in [0.25, 0.3) is 10.0 Å². The fraction of sp³-hybridized carbons (Fsp3) is 0.600. The van der Waals surface area contributed by atoms with Gasteiger partial charge >= 0.3 is 0 Å². The Morgan fingerprint density at radius 1 is 1.58 bits per heavy atom. The lowest BCUT2D eigenvalue weighted by Crippen LogP contribution is -2.19. The highest BCUT2D eigenvalue weighted by Crippen LogP contribution is 2.09. The van der Waals surface area contributed by atoms with E-state index in [1.165, 1.54) is 4.68 Å². The van der Waals surface area contributed by atoms with Gasteiger partial charge in [-0.1, -0.05) is 5.21 Å². The third kappa shape index (κ3) is 1.62. The zero-order valence-corrected chi connectivity index (χ0v) is 7.61. The molecule has 0 aliphatic rings. The minimum Gasteiger partial charge on any atom is -0.230 e. The highest BCUT2D eigenvalue weighted by atomic mass is 32.2. The van der Waals surface area contributed by atoms with Crippen molar-refractivity contribution < 1.29 is 8.42 Å². The number of nitrogens with two attached hydrogens (primary N) is 1. The van der Waals surface area contributed by atoms with E-state index in [0.29, 0.717) is 0 Å². The van der Waals surface area contributed by atoms with Crippen LogP contribution in [0.2, 0.25) is 0 Å². The van der Waals surface area contributed by atoms with E-state index in [0.717, 1.165) is 6.20 Å². The van der Waals surface area contributed by atoms with E-state index in [-0.39, 0.29) is 11.1 Å². The summed E-state index contributed by atoms with van der Waals surface area (Å²) >= 11 is 0. The van der Waals surface area contributed by atoms with E-state index in [1.807, 2.05) is 0 Å². The van der Waals surface area contributed by atoms with Gasteiger partial charge in [-0.25, -0.2) is 18.2 Å². The number of primary sulfonamides is 1. The highest BCUT2D eigenvalue weighted by Gasteiger charge is 2.16. The van der Waals surface area contributed by atoms with Gasteiger partial charge in [-0.15, -0.1) is 5.10 Å². The molecule has 0 aliphatic heterocycles. The van der Waals surface area contributed by atoms with Crippen molar-refractivity contribution in [1.82, 2.24) is 15.0 Å². The molecule has 0 aromatic carbocycles. The first-order valence-corrected chi connectivity index (χ1v) is 4.90. The smallest absolute Gasteiger partial charge is 0.230 e. The average molecular weight is 190 g/mol. The molecule has 0 bridgehead atoms. The van der Waals surface area contributed by atoms with Gasteiger partial charge in [-0.05, 0) is 13.8 Å². The second-order valence-electron chi connectivity index (χ2n) is 2.66. The summed E-state index contributed by atoms with van der Waals surface area (Å²) in [5, 5.41) is 11.9. The molecule has 0 saturated heterocycles. The van der Waals surface area contributed by atoms with Gasteiger partial charge in [0.2, 0.25) is 0 Å². The van der Waals surface area contributed by atoms with E-state index >= 15 is 0 Å². The summed E-state index contributed by atoms with van der Waals surface area (Å²) in [6, 6.07) is -0.0687. The van der Waals surface area contributed by atoms with Crippen LogP contribution in [0.15, 0.2) is 11.2 Å². The molecule has 1 aromatic rings. The Morgan fingerprint density at radius 2 is 2.17 bits per heavy atom. The first-order valence-electron chi connectivity index (χ1n) is 3.36. The Labute approximate surface area is 70.4 Å². The number of rotatable bonds is 2. The van der Waals surface area contributed by atoms with Crippen LogP contribution in [0.5, 0.6) is 0 Å². The third-order valence-corrected chi connectivity index (χ3v) is 2.20. The molecule has 0 atom stereocenters. The van der Waals surface area contributed by atoms with Gasteiger partial charge in [-0.3, -0.25) is 0 Å². The van der Waals surface area contributed by atoms with E-state index < -0.39 is 10.0 Å². The van der Waals surface area contributed by atoms with Crippen LogP contribution < -0.4 is 5.14 Å². The molecule has 1 aromatic heterocycles. The summed E-state index contributed by atoms with van der Waals surface area (Å²) in [6.45, 7) is 3.59. The Bertz CT molecular complexity index is 367. The number of sulfonamides is 1. The van der Waals surface area contributed by atoms with Gasteiger partial charge in [0.15, 0.2) is 5.03 Å². The number of hydrogen-bond acceptors (Lipinski definition) is 4. The minimum absolute atomic E-state index is 0.0579. The van der Waals surface area contributed by atoms with Crippen LogP contribution >= 0.6 is 0 Å². The molecule has 0 unspecified atom stereocenters. The maximum Gasteiger partial charge on any atom is 0.256 e. The Balaban J connectivity index is 3.26. The molecule has 0 amide bonds. The zero-order chi connectivity index (χ0) is 9.35. The Morgan fingerprint density at radius 3 is 2.50 bits per heavy atom. The fourth-order valence-electron chi connectivity index (χ4n) is 0.796. The van der Waals surface area contributed by atoms with Crippen molar-refractivity contribution in [2.24, 2.45) is 5.14 Å². The van der Waals surface area contributed by atoms with Crippen molar-refractivity contribution in [3.05, 3.63) is 6.20 Å². The topological polar surface area (TPSA) is 90.9 Å². The molecule has 0 radical (unpaired) electrons. The predicted molar refractivity (Wildman–Crippen MR) is 41.8 cm³/mol. The van der Waals surface area contributed by atoms with Gasteiger partial charge in [-0.2, -0.15) is 0 Å². The third-order valence-electron chi connectivity index (χ3n) is 1.32. The van der Waals surface area contributed by atoms with Crippen LogP contribution in [0.3, 0.4) is 0 Å². The van der Waals surface area contributed by atoms with Gasteiger partial charge in [0, 0.05) is 6.04 Å². The van der Waals surface area contributed by atoms with Crippen molar-refractivity contribution in [2.75, 3.05) is 0 Å². The largest absolute Gasteiger partial charge is 0.256 e. The Hall–Kier alpha value is -0.950. The van der Waals surface area contributed by atoms with Crippen LogP contribution in [-0.4, -0.2) is 23.4 Å². The van der Waals surface area contributed by atoms with E-state index in [4.69, 9.17) is 5.14 Å². The zero-order valence-electron chi connectivity index (χ0n) is 6.80. The molecule has 1 heterocycles. The molecule has 7 heteroatoms. The van der Waals surface area contributed by atoms with E-state index in [2.05, 4.69) is 10.3 Å². The summed E-state index contributed by atoms with van der Waals surface area (Å²) in [4.78, 5) is 0. The first kappa shape index (κ1) is 9.14. The second kappa shape index (κ2) is 2.83. The molecule has 0 aliphatic carbocycles. The molecular formula is C5H10N4O2S. The summed E-state index contributed by atoms with van der Waals surface area (Å²) in [7, 11) is -3.70. The molecule has 6 nitrogen and oxygen atoms in total. The van der Waals surface area contributed by atoms with Crippen LogP contribution in [0.4, 0.5) is 0 Å². The monoisotopic (exact) mass is 190 g/mol. The molecule has 1 rings (SSSR count). The number of aromatic nitrogens is 3. The second-order valence-corrected chi connectivity index (χ2v) is 4.16. The lowest BCUT2D eigenvalue weighted by atomic mass is 10.4. The van der Waals surface area contributed by atoms with Crippen LogP contribution in [0, 0.1) is 0 Å². The van der Waals surface area contributed by atoms with Crippen molar-refractivity contribution >= 4 is 10.0 Å². The molecule has 2 N–H and O–H groups in total. The molecular weight excluding hydrogens is 180 g/mol. The van der Waals surface area contributed by atoms with Crippen molar-refractivity contribution in [3.8, 4) is 0 Å². The van der Waals surface area contributed by atoms with Gasteiger partial charge < -0.3 is 0 Å². The highest BCUT2D eigenvalue weighted by molar-refractivity contribution is 7.89. The fourth-order valence-corrected chi connectivity index (χ4v) is 1.50. The van der Waals surface area contributed by atoms with Crippen LogP contribution in [-0.2, 0) is 10.0 Å². The average Bonchev–Trinajstić information content (AvgIpc) is 2.30. The van der Waals surface area contributed by atoms with Crippen LogP contribution in [0.25, 0.3) is 0 Å². The molecule has 0 fully saturated rings. The molecule has 0 spiro atoms. The minimum atomic E-state index is -3.70. The summed E-state index contributed by atoms with van der Waals surface area (Å²) in [5.74, 6) is 0. The maximum absolute atomic E-state index is 10.9. The van der Waals surface area contributed by atoms with Gasteiger partial charge in [0.05, 0.1) is 6.20 Å². The van der Waals surface area contributed by atoms with Crippen molar-refractivity contribution in [2.45, 2.75) is 24.9 Å². The SMILES string of the molecule is CC(C)n1nncc1S(N)(=O)=O. The maximum atomic E-state index is 10.9. The first-order chi connectivity index (χ1) is 5.43. The van der Waals surface area contributed by atoms with E-state index in [9.17, 15) is 8.42 Å².